The summed E-state index contributed by atoms with van der Waals surface area (Å²) in [6.07, 6.45) is 0. The molecular weight excluding hydrogens is 295 g/mol. The maximum absolute atomic E-state index is 13.4. The number of benzene rings is 1. The molecule has 0 atom stereocenters. The summed E-state index contributed by atoms with van der Waals surface area (Å²) < 4.78 is 13.4. The van der Waals surface area contributed by atoms with Crippen molar-refractivity contribution in [2.24, 2.45) is 0 Å². The number of carboxylic acids is 1. The van der Waals surface area contributed by atoms with Gasteiger partial charge in [0.1, 0.15) is 10.8 Å². The van der Waals surface area contributed by atoms with Crippen LogP contribution in [0.5, 0.6) is 0 Å². The number of aryl methyl sites for hydroxylation is 1. The molecule has 7 heteroatoms. The normalized spacial score (nSPS) is 10.2. The van der Waals surface area contributed by atoms with Crippen molar-refractivity contribution < 1.29 is 19.1 Å². The second-order valence-electron chi connectivity index (χ2n) is 4.35. The number of hydrogen-bond donors (Lipinski definition) is 3. The molecule has 2 aromatic rings. The van der Waals surface area contributed by atoms with Gasteiger partial charge in [-0.3, -0.25) is 5.32 Å². The lowest BCUT2D eigenvalue weighted by Crippen LogP contribution is -2.20. The van der Waals surface area contributed by atoms with E-state index in [1.54, 1.807) is 19.9 Å². The van der Waals surface area contributed by atoms with E-state index < -0.39 is 17.8 Å². The van der Waals surface area contributed by atoms with E-state index >= 15 is 0 Å². The van der Waals surface area contributed by atoms with Gasteiger partial charge in [0.05, 0.1) is 11.3 Å². The highest BCUT2D eigenvalue weighted by Crippen LogP contribution is 2.32. The van der Waals surface area contributed by atoms with Crippen LogP contribution in [0.25, 0.3) is 0 Å². The number of para-hydroxylation sites is 1. The second-order valence-corrected chi connectivity index (χ2v) is 5.58. The highest BCUT2D eigenvalue weighted by Gasteiger charge is 2.20. The van der Waals surface area contributed by atoms with E-state index in [0.29, 0.717) is 5.56 Å². The van der Waals surface area contributed by atoms with Crippen LogP contribution in [0.15, 0.2) is 24.3 Å². The van der Waals surface area contributed by atoms with Gasteiger partial charge in [-0.25, -0.2) is 14.0 Å². The molecule has 0 aliphatic carbocycles. The van der Waals surface area contributed by atoms with Crippen molar-refractivity contribution in [3.8, 4) is 0 Å². The van der Waals surface area contributed by atoms with Crippen LogP contribution < -0.4 is 10.6 Å². The third-order valence-corrected chi connectivity index (χ3v) is 4.07. The molecule has 2 rings (SSSR count). The van der Waals surface area contributed by atoms with Crippen molar-refractivity contribution >= 4 is 34.0 Å². The number of rotatable bonds is 3. The molecule has 0 aliphatic heterocycles. The van der Waals surface area contributed by atoms with Crippen LogP contribution >= 0.6 is 11.3 Å². The Morgan fingerprint density at radius 1 is 1.19 bits per heavy atom. The van der Waals surface area contributed by atoms with Crippen molar-refractivity contribution in [2.45, 2.75) is 13.8 Å². The van der Waals surface area contributed by atoms with Gasteiger partial charge >= 0.3 is 12.0 Å². The molecule has 2 amide bonds. The van der Waals surface area contributed by atoms with Crippen molar-refractivity contribution in [2.75, 3.05) is 10.6 Å². The largest absolute Gasteiger partial charge is 0.478 e. The second kappa shape index (κ2) is 5.92. The van der Waals surface area contributed by atoms with Gasteiger partial charge in [-0.05, 0) is 31.5 Å². The molecular formula is C14H13FN2O3S. The number of carbonyl (C=O) groups excluding carboxylic acids is 1. The summed E-state index contributed by atoms with van der Waals surface area (Å²) in [6, 6.07) is 5.03. The van der Waals surface area contributed by atoms with Gasteiger partial charge in [-0.2, -0.15) is 0 Å². The predicted molar refractivity (Wildman–Crippen MR) is 79.8 cm³/mol. The standard InChI is InChI=1S/C14H13FN2O3S/c1-7-8(2)21-12(11(7)13(18)19)17-14(20)16-10-6-4-3-5-9(10)15/h3-6H,1-2H3,(H,18,19)(H2,16,17,20). The first-order valence-corrected chi connectivity index (χ1v) is 6.87. The van der Waals surface area contributed by atoms with Crippen LogP contribution in [0.1, 0.15) is 20.8 Å². The number of urea groups is 1. The topological polar surface area (TPSA) is 78.4 Å². The van der Waals surface area contributed by atoms with Crippen molar-refractivity contribution in [3.63, 3.8) is 0 Å². The minimum absolute atomic E-state index is 0.0249. The number of amides is 2. The van der Waals surface area contributed by atoms with Crippen LogP contribution in [-0.4, -0.2) is 17.1 Å². The summed E-state index contributed by atoms with van der Waals surface area (Å²) in [6.45, 7) is 3.45. The van der Waals surface area contributed by atoms with Gasteiger partial charge in [0.15, 0.2) is 0 Å². The summed E-state index contributed by atoms with van der Waals surface area (Å²) in [7, 11) is 0. The molecule has 5 nitrogen and oxygen atoms in total. The number of carbonyl (C=O) groups is 2. The van der Waals surface area contributed by atoms with E-state index in [1.165, 1.54) is 29.5 Å². The van der Waals surface area contributed by atoms with Crippen LogP contribution in [-0.2, 0) is 0 Å². The molecule has 1 heterocycles. The molecule has 0 saturated heterocycles. The molecule has 21 heavy (non-hydrogen) atoms. The first-order valence-electron chi connectivity index (χ1n) is 6.06. The molecule has 0 radical (unpaired) electrons. The Labute approximate surface area is 124 Å². The van der Waals surface area contributed by atoms with Gasteiger partial charge in [0.25, 0.3) is 0 Å². The van der Waals surface area contributed by atoms with E-state index in [9.17, 15) is 19.1 Å². The summed E-state index contributed by atoms with van der Waals surface area (Å²) in [5.74, 6) is -1.68. The maximum atomic E-state index is 13.4. The Morgan fingerprint density at radius 2 is 1.86 bits per heavy atom. The van der Waals surface area contributed by atoms with Gasteiger partial charge in [-0.1, -0.05) is 12.1 Å². The highest BCUT2D eigenvalue weighted by molar-refractivity contribution is 7.16. The average molecular weight is 308 g/mol. The Hall–Kier alpha value is -2.41. The number of aromatic carboxylic acids is 1. The summed E-state index contributed by atoms with van der Waals surface area (Å²) in [4.78, 5) is 23.9. The number of anilines is 2. The Balaban J connectivity index is 2.19. The molecule has 0 saturated carbocycles. The molecule has 3 N–H and O–H groups in total. The zero-order valence-corrected chi connectivity index (χ0v) is 12.2. The lowest BCUT2D eigenvalue weighted by molar-refractivity contribution is 0.0697. The van der Waals surface area contributed by atoms with Gasteiger partial charge < -0.3 is 10.4 Å². The molecule has 0 bridgehead atoms. The van der Waals surface area contributed by atoms with Crippen LogP contribution in [0, 0.1) is 19.7 Å². The summed E-state index contributed by atoms with van der Waals surface area (Å²) in [5.41, 5.74) is 0.687. The fourth-order valence-electron chi connectivity index (χ4n) is 1.79. The lowest BCUT2D eigenvalue weighted by atomic mass is 10.1. The molecule has 1 aromatic heterocycles. The molecule has 0 aliphatic rings. The zero-order chi connectivity index (χ0) is 15.6. The highest BCUT2D eigenvalue weighted by atomic mass is 32.1. The van der Waals surface area contributed by atoms with E-state index in [0.717, 1.165) is 4.88 Å². The number of carboxylic acid groups (broad SMARTS) is 1. The SMILES string of the molecule is Cc1sc(NC(=O)Nc2ccccc2F)c(C(=O)O)c1C. The van der Waals surface area contributed by atoms with E-state index in [-0.39, 0.29) is 16.3 Å². The average Bonchev–Trinajstić information content (AvgIpc) is 2.67. The minimum atomic E-state index is -1.11. The minimum Gasteiger partial charge on any atom is -0.478 e. The molecule has 110 valence electrons. The first kappa shape index (κ1) is 15.0. The Bertz CT molecular complexity index is 712. The molecule has 1 aromatic carbocycles. The van der Waals surface area contributed by atoms with E-state index in [4.69, 9.17) is 0 Å². The number of hydrogen-bond acceptors (Lipinski definition) is 3. The zero-order valence-electron chi connectivity index (χ0n) is 11.4. The van der Waals surface area contributed by atoms with Crippen LogP contribution in [0.3, 0.4) is 0 Å². The Kier molecular flexibility index (Phi) is 4.23. The van der Waals surface area contributed by atoms with Crippen LogP contribution in [0.4, 0.5) is 19.9 Å². The Morgan fingerprint density at radius 3 is 2.48 bits per heavy atom. The smallest absolute Gasteiger partial charge is 0.338 e. The van der Waals surface area contributed by atoms with E-state index in [2.05, 4.69) is 10.6 Å². The van der Waals surface area contributed by atoms with Crippen LogP contribution in [0.2, 0.25) is 0 Å². The fourth-order valence-corrected chi connectivity index (χ4v) is 2.84. The monoisotopic (exact) mass is 308 g/mol. The predicted octanol–water partition coefficient (Wildman–Crippen LogP) is 3.85. The molecule has 0 unspecified atom stereocenters. The number of nitrogens with one attached hydrogen (secondary N) is 2. The molecule has 0 fully saturated rings. The van der Waals surface area contributed by atoms with Gasteiger partial charge in [0.2, 0.25) is 0 Å². The number of halogens is 1. The van der Waals surface area contributed by atoms with Crippen molar-refractivity contribution in [3.05, 3.63) is 46.1 Å². The third kappa shape index (κ3) is 3.19. The van der Waals surface area contributed by atoms with Crippen molar-refractivity contribution in [1.29, 1.82) is 0 Å². The van der Waals surface area contributed by atoms with Gasteiger partial charge in [-0.15, -0.1) is 11.3 Å². The third-order valence-electron chi connectivity index (χ3n) is 2.95. The lowest BCUT2D eigenvalue weighted by Gasteiger charge is -2.07. The summed E-state index contributed by atoms with van der Waals surface area (Å²) in [5, 5.41) is 14.2. The fraction of sp³-hybridized carbons (Fsp3) is 0.143. The van der Waals surface area contributed by atoms with Crippen molar-refractivity contribution in [1.82, 2.24) is 0 Å². The summed E-state index contributed by atoms with van der Waals surface area (Å²) >= 11 is 1.17. The number of thiophene rings is 1. The molecule has 0 spiro atoms. The quantitative estimate of drug-likeness (QED) is 0.806. The first-order chi connectivity index (χ1) is 9.90. The maximum Gasteiger partial charge on any atom is 0.338 e. The van der Waals surface area contributed by atoms with Gasteiger partial charge in [0, 0.05) is 4.88 Å². The van der Waals surface area contributed by atoms with E-state index in [1.807, 2.05) is 0 Å².